The molecule has 0 fully saturated rings. The predicted octanol–water partition coefficient (Wildman–Crippen LogP) is 17.2. The smallest absolute Gasteiger partial charge is 0.155 e. The van der Waals surface area contributed by atoms with E-state index in [-0.39, 0.29) is 5.41 Å². The highest BCUT2D eigenvalue weighted by Crippen LogP contribution is 2.66. The second-order valence-corrected chi connectivity index (χ2v) is 24.2. The van der Waals surface area contributed by atoms with E-state index in [0.29, 0.717) is 29.1 Å². The molecule has 0 amide bonds. The molecule has 6 aliphatic rings. The van der Waals surface area contributed by atoms with Crippen LogP contribution >= 0.6 is 68.0 Å². The highest BCUT2D eigenvalue weighted by Gasteiger charge is 2.48. The van der Waals surface area contributed by atoms with Gasteiger partial charge in [0, 0.05) is 43.2 Å². The third-order valence-corrected chi connectivity index (χ3v) is 20.5. The Labute approximate surface area is 357 Å². The molecule has 0 saturated carbocycles. The van der Waals surface area contributed by atoms with Gasteiger partial charge < -0.3 is 0 Å². The van der Waals surface area contributed by atoms with Crippen molar-refractivity contribution in [1.29, 1.82) is 0 Å². The lowest BCUT2D eigenvalue weighted by atomic mass is 9.57. The number of rotatable bonds is 14. The third kappa shape index (κ3) is 6.38. The minimum absolute atomic E-state index is 0.261. The lowest BCUT2D eigenvalue weighted by Gasteiger charge is -2.46. The van der Waals surface area contributed by atoms with E-state index in [1.807, 2.05) is 45.3 Å². The van der Waals surface area contributed by atoms with E-state index in [1.54, 1.807) is 43.3 Å². The summed E-state index contributed by atoms with van der Waals surface area (Å²) < 4.78 is 0. The first-order valence-electron chi connectivity index (χ1n) is 21.3. The van der Waals surface area contributed by atoms with Gasteiger partial charge in [-0.3, -0.25) is 0 Å². The topological polar surface area (TPSA) is 25.8 Å². The molecule has 4 bridgehead atoms. The van der Waals surface area contributed by atoms with E-state index < -0.39 is 0 Å². The van der Waals surface area contributed by atoms with E-state index >= 15 is 0 Å². The first-order chi connectivity index (χ1) is 27.1. The van der Waals surface area contributed by atoms with Crippen LogP contribution in [0.4, 0.5) is 0 Å². The summed E-state index contributed by atoms with van der Waals surface area (Å²) in [5, 5.41) is 7.11. The molecule has 6 aromatic heterocycles. The number of unbranched alkanes of at least 4 members (excludes halogenated alkanes) is 6. The quantitative estimate of drug-likeness (QED) is 0.0806. The summed E-state index contributed by atoms with van der Waals surface area (Å²) in [4.78, 5) is 21.8. The zero-order valence-electron chi connectivity index (χ0n) is 33.8. The van der Waals surface area contributed by atoms with Crippen LogP contribution in [0.2, 0.25) is 0 Å². The van der Waals surface area contributed by atoms with E-state index in [0.717, 1.165) is 27.5 Å². The first kappa shape index (κ1) is 38.0. The third-order valence-electron chi connectivity index (χ3n) is 13.4. The number of fused-ring (bicyclic) bond motifs is 3. The summed E-state index contributed by atoms with van der Waals surface area (Å²) in [6.07, 6.45) is 25.3. The molecule has 4 unspecified atom stereocenters. The van der Waals surface area contributed by atoms with Gasteiger partial charge in [-0.25, -0.2) is 9.97 Å². The fraction of sp³-hybridized carbons (Fsp3) is 0.500. The summed E-state index contributed by atoms with van der Waals surface area (Å²) in [5.74, 6) is 2.01. The second kappa shape index (κ2) is 14.8. The van der Waals surface area contributed by atoms with Crippen LogP contribution in [0.5, 0.6) is 0 Å². The monoisotopic (exact) mass is 850 g/mol. The standard InChI is InChI=1S/C48H54N2S6/c1-7-9-11-13-15-27-21-22-51-38(27)43-49-45-46(55-43)50-44(56-45)39-28(16-14-12-10-8-2)23-34(53-39)40-35-30-18-20-33(48(5,6)25-30)37(35)42(54-40)41-36-31(26-52-41)29-17-19-32(36)47(3,4)24-29/h17-23,26,29-30,32-33H,7-16,24-25H2,1-6H3. The lowest BCUT2D eigenvalue weighted by Crippen LogP contribution is -2.33. The summed E-state index contributed by atoms with van der Waals surface area (Å²) in [7, 11) is 0. The molecule has 0 aliphatic heterocycles. The Morgan fingerprint density at radius 2 is 1.23 bits per heavy atom. The zero-order valence-corrected chi connectivity index (χ0v) is 38.7. The predicted molar refractivity (Wildman–Crippen MR) is 250 cm³/mol. The number of aryl methyl sites for hydroxylation is 2. The summed E-state index contributed by atoms with van der Waals surface area (Å²) in [6, 6.07) is 4.92. The Morgan fingerprint density at radius 1 is 0.589 bits per heavy atom. The second-order valence-electron chi connectivity index (χ2n) is 18.4. The van der Waals surface area contributed by atoms with Gasteiger partial charge in [0.2, 0.25) is 0 Å². The molecule has 0 aromatic carbocycles. The molecule has 4 atom stereocenters. The van der Waals surface area contributed by atoms with Crippen LogP contribution < -0.4 is 0 Å². The number of nitrogens with zero attached hydrogens (tertiary/aromatic N) is 2. The van der Waals surface area contributed by atoms with Crippen molar-refractivity contribution >= 4 is 77.7 Å². The molecule has 2 nitrogen and oxygen atoms in total. The number of thiazole rings is 2. The van der Waals surface area contributed by atoms with Crippen molar-refractivity contribution in [3.05, 3.63) is 80.6 Å². The summed E-state index contributed by atoms with van der Waals surface area (Å²) in [5.41, 5.74) is 10.1. The number of aromatic nitrogens is 2. The van der Waals surface area contributed by atoms with E-state index in [4.69, 9.17) is 9.97 Å². The van der Waals surface area contributed by atoms with Gasteiger partial charge in [0.05, 0.1) is 9.75 Å². The largest absolute Gasteiger partial charge is 0.222 e. The van der Waals surface area contributed by atoms with Crippen LogP contribution in [0.15, 0.2) is 47.2 Å². The number of hydrogen-bond donors (Lipinski definition) is 0. The molecule has 12 rings (SSSR count). The first-order valence-corrected chi connectivity index (χ1v) is 26.3. The van der Waals surface area contributed by atoms with Crippen LogP contribution in [0.1, 0.15) is 163 Å². The average molecular weight is 851 g/mol. The Hall–Kier alpha value is -2.20. The van der Waals surface area contributed by atoms with Gasteiger partial charge in [-0.1, -0.05) is 127 Å². The SMILES string of the molecule is CCCCCCc1ccsc1-c1nc2sc(-c3sc(-c4sc(-c5scc6c5C5C=CC6CC5(C)C)c5c4C4C=CC5C(C)(C)C4)cc3CCCCCC)nc2s1. The van der Waals surface area contributed by atoms with Gasteiger partial charge in [-0.2, -0.15) is 0 Å². The maximum atomic E-state index is 5.39. The van der Waals surface area contributed by atoms with Gasteiger partial charge in [0.1, 0.15) is 10.0 Å². The minimum Gasteiger partial charge on any atom is -0.222 e. The highest BCUT2D eigenvalue weighted by molar-refractivity contribution is 7.33. The zero-order chi connectivity index (χ0) is 38.3. The molecular weight excluding hydrogens is 797 g/mol. The van der Waals surface area contributed by atoms with Crippen molar-refractivity contribution in [2.24, 2.45) is 10.8 Å². The van der Waals surface area contributed by atoms with E-state index in [2.05, 4.69) is 100 Å². The van der Waals surface area contributed by atoms with Gasteiger partial charge in [0.25, 0.3) is 0 Å². The van der Waals surface area contributed by atoms with Crippen molar-refractivity contribution < 1.29 is 0 Å². The lowest BCUT2D eigenvalue weighted by molar-refractivity contribution is 0.251. The fourth-order valence-electron chi connectivity index (χ4n) is 10.5. The van der Waals surface area contributed by atoms with E-state index in [1.165, 1.54) is 99.9 Å². The van der Waals surface area contributed by atoms with Crippen molar-refractivity contribution in [1.82, 2.24) is 9.97 Å². The van der Waals surface area contributed by atoms with Crippen molar-refractivity contribution in [2.75, 3.05) is 0 Å². The van der Waals surface area contributed by atoms with Gasteiger partial charge in [0.15, 0.2) is 9.66 Å². The van der Waals surface area contributed by atoms with Crippen LogP contribution in [0.3, 0.4) is 0 Å². The number of allylic oxidation sites excluding steroid dienone is 4. The summed E-state index contributed by atoms with van der Waals surface area (Å²) in [6.45, 7) is 14.7. The van der Waals surface area contributed by atoms with Gasteiger partial charge in [-0.05, 0) is 106 Å². The Bertz CT molecular complexity index is 2430. The fourth-order valence-corrected chi connectivity index (χ4v) is 17.9. The molecule has 6 aliphatic carbocycles. The average Bonchev–Trinajstić information content (AvgIpc) is 4.01. The molecule has 292 valence electrons. The van der Waals surface area contributed by atoms with Crippen LogP contribution in [0.25, 0.3) is 48.9 Å². The molecule has 6 aromatic rings. The molecule has 8 heteroatoms. The molecule has 0 spiro atoms. The Kier molecular flexibility index (Phi) is 10.1. The molecule has 0 radical (unpaired) electrons. The van der Waals surface area contributed by atoms with E-state index in [9.17, 15) is 0 Å². The van der Waals surface area contributed by atoms with Gasteiger partial charge in [-0.15, -0.1) is 45.3 Å². The van der Waals surface area contributed by atoms with Crippen LogP contribution in [0, 0.1) is 10.8 Å². The molecule has 6 heterocycles. The maximum absolute atomic E-state index is 5.39. The van der Waals surface area contributed by atoms with Crippen molar-refractivity contribution in [2.45, 2.75) is 142 Å². The summed E-state index contributed by atoms with van der Waals surface area (Å²) >= 11 is 11.7. The van der Waals surface area contributed by atoms with Crippen molar-refractivity contribution in [3.8, 4) is 39.3 Å². The molecule has 56 heavy (non-hydrogen) atoms. The maximum Gasteiger partial charge on any atom is 0.155 e. The molecule has 0 N–H and O–H groups in total. The van der Waals surface area contributed by atoms with Crippen LogP contribution in [-0.4, -0.2) is 9.97 Å². The Balaban J connectivity index is 1.05. The highest BCUT2D eigenvalue weighted by atomic mass is 32.1. The molecule has 0 saturated heterocycles. The van der Waals surface area contributed by atoms with Gasteiger partial charge >= 0.3 is 0 Å². The molecular formula is C48H54N2S6. The minimum atomic E-state index is 0.261. The van der Waals surface area contributed by atoms with Crippen molar-refractivity contribution in [3.63, 3.8) is 0 Å². The normalized spacial score (nSPS) is 22.5. The van der Waals surface area contributed by atoms with Crippen LogP contribution in [-0.2, 0) is 12.8 Å². The Morgan fingerprint density at radius 3 is 1.93 bits per heavy atom. The number of thiophene rings is 4. The number of hydrogen-bond acceptors (Lipinski definition) is 8.